The van der Waals surface area contributed by atoms with Gasteiger partial charge in [-0.05, 0) is 12.8 Å². The lowest BCUT2D eigenvalue weighted by Crippen LogP contribution is -2.42. The van der Waals surface area contributed by atoms with E-state index in [0.29, 0.717) is 13.1 Å². The van der Waals surface area contributed by atoms with Crippen LogP contribution >= 0.6 is 0 Å². The van der Waals surface area contributed by atoms with Gasteiger partial charge in [-0.3, -0.25) is 0 Å². The molecule has 1 rings (SSSR count). The summed E-state index contributed by atoms with van der Waals surface area (Å²) in [6.45, 7) is 0.783. The first-order valence-corrected chi connectivity index (χ1v) is 5.46. The maximum atomic E-state index is 11.3. The third-order valence-corrected chi connectivity index (χ3v) is 3.48. The van der Waals surface area contributed by atoms with Gasteiger partial charge >= 0.3 is 0 Å². The van der Waals surface area contributed by atoms with Crippen molar-refractivity contribution >= 4 is 10.2 Å². The summed E-state index contributed by atoms with van der Waals surface area (Å²) in [6.07, 6.45) is 1.92. The molecular formula is C6H15N3O2S. The molecular weight excluding hydrogens is 178 g/mol. The molecule has 0 aliphatic heterocycles. The van der Waals surface area contributed by atoms with Crippen LogP contribution in [0.3, 0.4) is 0 Å². The van der Waals surface area contributed by atoms with Crippen LogP contribution in [0.25, 0.3) is 0 Å². The molecule has 0 aromatic heterocycles. The van der Waals surface area contributed by atoms with Gasteiger partial charge in [0, 0.05) is 26.2 Å². The molecule has 0 bridgehead atoms. The van der Waals surface area contributed by atoms with Crippen LogP contribution in [0.5, 0.6) is 0 Å². The average Bonchev–Trinajstić information content (AvgIpc) is 2.83. The van der Waals surface area contributed by atoms with Gasteiger partial charge in [0.15, 0.2) is 0 Å². The fourth-order valence-corrected chi connectivity index (χ4v) is 2.29. The molecule has 0 radical (unpaired) electrons. The zero-order valence-corrected chi connectivity index (χ0v) is 7.97. The Balaban J connectivity index is 2.64. The van der Waals surface area contributed by atoms with Crippen LogP contribution < -0.4 is 10.5 Å². The third-order valence-electron chi connectivity index (χ3n) is 1.87. The van der Waals surface area contributed by atoms with Crippen LogP contribution in [0.1, 0.15) is 12.8 Å². The van der Waals surface area contributed by atoms with Crippen LogP contribution in [0, 0.1) is 0 Å². The molecule has 5 nitrogen and oxygen atoms in total. The molecule has 1 aliphatic rings. The molecule has 72 valence electrons. The van der Waals surface area contributed by atoms with E-state index in [1.807, 2.05) is 0 Å². The van der Waals surface area contributed by atoms with E-state index >= 15 is 0 Å². The Morgan fingerprint density at radius 1 is 1.58 bits per heavy atom. The molecule has 0 atom stereocenters. The van der Waals surface area contributed by atoms with E-state index in [1.165, 1.54) is 11.4 Å². The van der Waals surface area contributed by atoms with Crippen molar-refractivity contribution < 1.29 is 8.42 Å². The Hall–Kier alpha value is -0.170. The average molecular weight is 193 g/mol. The van der Waals surface area contributed by atoms with Gasteiger partial charge in [-0.2, -0.15) is 12.7 Å². The minimum Gasteiger partial charge on any atom is -0.329 e. The van der Waals surface area contributed by atoms with Gasteiger partial charge in [0.1, 0.15) is 0 Å². The second-order valence-electron chi connectivity index (χ2n) is 2.84. The summed E-state index contributed by atoms with van der Waals surface area (Å²) < 4.78 is 26.4. The maximum absolute atomic E-state index is 11.3. The molecule has 0 heterocycles. The van der Waals surface area contributed by atoms with Gasteiger partial charge in [-0.25, -0.2) is 4.72 Å². The SMILES string of the molecule is CNS(=O)(=O)N(CCN)C1CC1. The zero-order chi connectivity index (χ0) is 9.19. The van der Waals surface area contributed by atoms with Gasteiger partial charge in [0.05, 0.1) is 0 Å². The maximum Gasteiger partial charge on any atom is 0.279 e. The number of hydrogen-bond acceptors (Lipinski definition) is 3. The third kappa shape index (κ3) is 2.16. The summed E-state index contributed by atoms with van der Waals surface area (Å²) in [5.74, 6) is 0. The molecule has 0 saturated heterocycles. The van der Waals surface area contributed by atoms with Crippen molar-refractivity contribution in [3.63, 3.8) is 0 Å². The van der Waals surface area contributed by atoms with E-state index in [2.05, 4.69) is 4.72 Å². The molecule has 0 spiro atoms. The van der Waals surface area contributed by atoms with Crippen LogP contribution in [0.2, 0.25) is 0 Å². The highest BCUT2D eigenvalue weighted by molar-refractivity contribution is 7.87. The van der Waals surface area contributed by atoms with Gasteiger partial charge < -0.3 is 5.73 Å². The Kier molecular flexibility index (Phi) is 3.05. The highest BCUT2D eigenvalue weighted by atomic mass is 32.2. The number of nitrogens with zero attached hydrogens (tertiary/aromatic N) is 1. The Morgan fingerprint density at radius 3 is 2.50 bits per heavy atom. The molecule has 1 aliphatic carbocycles. The molecule has 0 aromatic rings. The van der Waals surface area contributed by atoms with E-state index < -0.39 is 10.2 Å². The van der Waals surface area contributed by atoms with E-state index in [0.717, 1.165) is 12.8 Å². The quantitative estimate of drug-likeness (QED) is 0.580. The summed E-state index contributed by atoms with van der Waals surface area (Å²) in [4.78, 5) is 0. The summed E-state index contributed by atoms with van der Waals surface area (Å²) >= 11 is 0. The smallest absolute Gasteiger partial charge is 0.279 e. The van der Waals surface area contributed by atoms with Crippen molar-refractivity contribution in [3.8, 4) is 0 Å². The number of hydrogen-bond donors (Lipinski definition) is 2. The lowest BCUT2D eigenvalue weighted by atomic mass is 10.6. The lowest BCUT2D eigenvalue weighted by Gasteiger charge is -2.19. The predicted octanol–water partition coefficient (Wildman–Crippen LogP) is -1.13. The number of nitrogens with one attached hydrogen (secondary N) is 1. The predicted molar refractivity (Wildman–Crippen MR) is 46.8 cm³/mol. The molecule has 6 heteroatoms. The normalized spacial score (nSPS) is 18.6. The van der Waals surface area contributed by atoms with Crippen molar-refractivity contribution in [3.05, 3.63) is 0 Å². The molecule has 0 amide bonds. The van der Waals surface area contributed by atoms with Gasteiger partial charge in [-0.15, -0.1) is 0 Å². The van der Waals surface area contributed by atoms with Crippen molar-refractivity contribution in [1.82, 2.24) is 9.03 Å². The standard InChI is InChI=1S/C6H15N3O2S/c1-8-12(10,11)9(5-4-7)6-2-3-6/h6,8H,2-5,7H2,1H3. The fraction of sp³-hybridized carbons (Fsp3) is 1.00. The van der Waals surface area contributed by atoms with Crippen LogP contribution in [-0.4, -0.2) is 38.9 Å². The van der Waals surface area contributed by atoms with E-state index in [9.17, 15) is 8.42 Å². The highest BCUT2D eigenvalue weighted by Gasteiger charge is 2.35. The van der Waals surface area contributed by atoms with Crippen molar-refractivity contribution in [2.45, 2.75) is 18.9 Å². The molecule has 1 fully saturated rings. The molecule has 0 aromatic carbocycles. The zero-order valence-electron chi connectivity index (χ0n) is 7.16. The first-order chi connectivity index (χ1) is 5.61. The van der Waals surface area contributed by atoms with E-state index in [4.69, 9.17) is 5.73 Å². The monoisotopic (exact) mass is 193 g/mol. The summed E-state index contributed by atoms with van der Waals surface area (Å²) in [7, 11) is -1.84. The summed E-state index contributed by atoms with van der Waals surface area (Å²) in [6, 6.07) is 0.186. The van der Waals surface area contributed by atoms with Crippen molar-refractivity contribution in [1.29, 1.82) is 0 Å². The van der Waals surface area contributed by atoms with Crippen LogP contribution in [0.15, 0.2) is 0 Å². The Labute approximate surface area is 73.1 Å². The topological polar surface area (TPSA) is 75.4 Å². The fourth-order valence-electron chi connectivity index (χ4n) is 1.11. The number of rotatable bonds is 5. The van der Waals surface area contributed by atoms with Crippen molar-refractivity contribution in [2.24, 2.45) is 5.73 Å². The second-order valence-corrected chi connectivity index (χ2v) is 4.67. The number of nitrogens with two attached hydrogens (primary N) is 1. The highest BCUT2D eigenvalue weighted by Crippen LogP contribution is 2.27. The Morgan fingerprint density at radius 2 is 2.17 bits per heavy atom. The molecule has 1 saturated carbocycles. The van der Waals surface area contributed by atoms with Crippen molar-refractivity contribution in [2.75, 3.05) is 20.1 Å². The second kappa shape index (κ2) is 3.69. The molecule has 12 heavy (non-hydrogen) atoms. The van der Waals surface area contributed by atoms with Crippen LogP contribution in [-0.2, 0) is 10.2 Å². The first kappa shape index (κ1) is 9.91. The minimum absolute atomic E-state index is 0.186. The summed E-state index contributed by atoms with van der Waals surface area (Å²) in [5.41, 5.74) is 5.31. The minimum atomic E-state index is -3.26. The summed E-state index contributed by atoms with van der Waals surface area (Å²) in [5, 5.41) is 0. The Bertz CT molecular complexity index is 235. The lowest BCUT2D eigenvalue weighted by molar-refractivity contribution is 0.406. The molecule has 3 N–H and O–H groups in total. The first-order valence-electron chi connectivity index (χ1n) is 4.02. The van der Waals surface area contributed by atoms with Crippen LogP contribution in [0.4, 0.5) is 0 Å². The van der Waals surface area contributed by atoms with Gasteiger partial charge in [0.25, 0.3) is 10.2 Å². The van der Waals surface area contributed by atoms with E-state index in [-0.39, 0.29) is 6.04 Å². The van der Waals surface area contributed by atoms with Gasteiger partial charge in [0.2, 0.25) is 0 Å². The van der Waals surface area contributed by atoms with Gasteiger partial charge in [-0.1, -0.05) is 0 Å². The molecule has 0 unspecified atom stereocenters. The van der Waals surface area contributed by atoms with E-state index in [1.54, 1.807) is 0 Å². The largest absolute Gasteiger partial charge is 0.329 e.